The lowest BCUT2D eigenvalue weighted by Crippen LogP contribution is -1.95. The third kappa shape index (κ3) is 2.56. The van der Waals surface area contributed by atoms with Gasteiger partial charge in [-0.05, 0) is 53.2 Å². The monoisotopic (exact) mass is 458 g/mol. The van der Waals surface area contributed by atoms with E-state index < -0.39 is 0 Å². The van der Waals surface area contributed by atoms with Crippen LogP contribution in [0, 0.1) is 0 Å². The minimum atomic E-state index is 1.18. The average molecular weight is 459 g/mol. The highest BCUT2D eigenvalue weighted by Crippen LogP contribution is 2.43. The van der Waals surface area contributed by atoms with Gasteiger partial charge >= 0.3 is 0 Å². The van der Waals surface area contributed by atoms with Gasteiger partial charge < -0.3 is 9.13 Å². The second kappa shape index (κ2) is 7.34. The highest BCUT2D eigenvalue weighted by molar-refractivity contribution is 6.30. The molecule has 2 aromatic heterocycles. The molecule has 2 nitrogen and oxygen atoms in total. The van der Waals surface area contributed by atoms with Crippen LogP contribution in [0.1, 0.15) is 0 Å². The van der Waals surface area contributed by atoms with E-state index in [2.05, 4.69) is 143 Å². The van der Waals surface area contributed by atoms with Gasteiger partial charge in [0.1, 0.15) is 0 Å². The molecule has 2 heteroatoms. The summed E-state index contributed by atoms with van der Waals surface area (Å²) in [6, 6.07) is 48.1. The molecule has 0 aliphatic carbocycles. The van der Waals surface area contributed by atoms with Gasteiger partial charge in [0.2, 0.25) is 0 Å². The Morgan fingerprint density at radius 2 is 0.917 bits per heavy atom. The van der Waals surface area contributed by atoms with Gasteiger partial charge in [0.15, 0.2) is 0 Å². The molecular weight excluding hydrogens is 436 g/mol. The molecule has 8 rings (SSSR count). The van der Waals surface area contributed by atoms with E-state index in [0.29, 0.717) is 0 Å². The van der Waals surface area contributed by atoms with Crippen LogP contribution >= 0.6 is 0 Å². The Labute approximate surface area is 208 Å². The number of benzene rings is 6. The van der Waals surface area contributed by atoms with Crippen molar-refractivity contribution in [1.82, 2.24) is 9.13 Å². The summed E-state index contributed by atoms with van der Waals surface area (Å²) in [7, 11) is 0. The number of aromatic nitrogens is 2. The van der Waals surface area contributed by atoms with Crippen LogP contribution in [-0.2, 0) is 0 Å². The summed E-state index contributed by atoms with van der Waals surface area (Å²) in [5.41, 5.74) is 7.29. The first-order chi connectivity index (χ1) is 17.9. The van der Waals surface area contributed by atoms with Crippen molar-refractivity contribution in [3.8, 4) is 11.4 Å². The van der Waals surface area contributed by atoms with Crippen molar-refractivity contribution in [2.75, 3.05) is 0 Å². The molecule has 36 heavy (non-hydrogen) atoms. The van der Waals surface area contributed by atoms with Gasteiger partial charge in [0.25, 0.3) is 0 Å². The summed E-state index contributed by atoms with van der Waals surface area (Å²) >= 11 is 0. The molecular formula is C34H22N2. The van der Waals surface area contributed by atoms with E-state index in [0.717, 1.165) is 0 Å². The molecule has 0 N–H and O–H groups in total. The zero-order valence-corrected chi connectivity index (χ0v) is 19.6. The second-order valence-electron chi connectivity index (χ2n) is 9.40. The zero-order chi connectivity index (χ0) is 23.6. The normalized spacial score (nSPS) is 11.9. The van der Waals surface area contributed by atoms with Crippen molar-refractivity contribution in [3.63, 3.8) is 0 Å². The highest BCUT2D eigenvalue weighted by Gasteiger charge is 2.21. The van der Waals surface area contributed by atoms with E-state index in [9.17, 15) is 0 Å². The Morgan fingerprint density at radius 1 is 0.333 bits per heavy atom. The van der Waals surface area contributed by atoms with Crippen LogP contribution in [0.25, 0.3) is 65.8 Å². The van der Waals surface area contributed by atoms with E-state index >= 15 is 0 Å². The maximum Gasteiger partial charge on any atom is 0.0641 e. The Balaban J connectivity index is 1.68. The van der Waals surface area contributed by atoms with Crippen LogP contribution in [0.4, 0.5) is 0 Å². The summed E-state index contributed by atoms with van der Waals surface area (Å²) in [6.45, 7) is 0. The van der Waals surface area contributed by atoms with E-state index in [1.807, 2.05) is 0 Å². The minimum absolute atomic E-state index is 1.18. The number of hydrogen-bond acceptors (Lipinski definition) is 0. The summed E-state index contributed by atoms with van der Waals surface area (Å²) in [4.78, 5) is 0. The van der Waals surface area contributed by atoms with Crippen LogP contribution in [0.3, 0.4) is 0 Å². The SMILES string of the molecule is c1ccc(-n2c3ccccc3c3c2ccc2c4c5ccccc5ccc4n(-c4ccccc4)c23)cc1. The molecule has 0 saturated carbocycles. The van der Waals surface area contributed by atoms with Crippen molar-refractivity contribution in [2.24, 2.45) is 0 Å². The van der Waals surface area contributed by atoms with Crippen molar-refractivity contribution in [1.29, 1.82) is 0 Å². The van der Waals surface area contributed by atoms with E-state index in [1.165, 1.54) is 65.8 Å². The fraction of sp³-hybridized carbons (Fsp3) is 0. The second-order valence-corrected chi connectivity index (χ2v) is 9.40. The molecule has 6 aromatic carbocycles. The van der Waals surface area contributed by atoms with E-state index in [-0.39, 0.29) is 0 Å². The van der Waals surface area contributed by atoms with Gasteiger partial charge in [0, 0.05) is 32.9 Å². The van der Waals surface area contributed by atoms with Crippen molar-refractivity contribution in [3.05, 3.63) is 133 Å². The molecule has 0 bridgehead atoms. The molecule has 0 aliphatic rings. The summed E-state index contributed by atoms with van der Waals surface area (Å²) in [6.07, 6.45) is 0. The van der Waals surface area contributed by atoms with Gasteiger partial charge in [0.05, 0.1) is 22.1 Å². The fourth-order valence-corrected chi connectivity index (χ4v) is 6.03. The first kappa shape index (κ1) is 19.5. The summed E-state index contributed by atoms with van der Waals surface area (Å²) < 4.78 is 4.86. The van der Waals surface area contributed by atoms with Crippen molar-refractivity contribution < 1.29 is 0 Å². The largest absolute Gasteiger partial charge is 0.309 e. The average Bonchev–Trinajstić information content (AvgIpc) is 3.47. The topological polar surface area (TPSA) is 9.86 Å². The van der Waals surface area contributed by atoms with Crippen LogP contribution in [0.5, 0.6) is 0 Å². The predicted octanol–water partition coefficient (Wildman–Crippen LogP) is 9.03. The van der Waals surface area contributed by atoms with Crippen LogP contribution in [0.15, 0.2) is 133 Å². The zero-order valence-electron chi connectivity index (χ0n) is 19.6. The van der Waals surface area contributed by atoms with Gasteiger partial charge in [-0.2, -0.15) is 0 Å². The number of para-hydroxylation sites is 3. The number of rotatable bonds is 2. The van der Waals surface area contributed by atoms with E-state index in [4.69, 9.17) is 0 Å². The molecule has 2 heterocycles. The van der Waals surface area contributed by atoms with Gasteiger partial charge in [-0.3, -0.25) is 0 Å². The smallest absolute Gasteiger partial charge is 0.0641 e. The molecule has 0 fully saturated rings. The third-order valence-corrected chi connectivity index (χ3v) is 7.48. The van der Waals surface area contributed by atoms with Gasteiger partial charge in [-0.25, -0.2) is 0 Å². The Morgan fingerprint density at radius 3 is 1.69 bits per heavy atom. The molecule has 0 spiro atoms. The van der Waals surface area contributed by atoms with Crippen molar-refractivity contribution in [2.45, 2.75) is 0 Å². The molecule has 0 amide bonds. The van der Waals surface area contributed by atoms with Crippen molar-refractivity contribution >= 4 is 54.4 Å². The fourth-order valence-electron chi connectivity index (χ4n) is 6.03. The first-order valence-electron chi connectivity index (χ1n) is 12.4. The lowest BCUT2D eigenvalue weighted by Gasteiger charge is -2.10. The van der Waals surface area contributed by atoms with Gasteiger partial charge in [-0.15, -0.1) is 0 Å². The Bertz CT molecular complexity index is 2080. The quantitative estimate of drug-likeness (QED) is 0.244. The third-order valence-electron chi connectivity index (χ3n) is 7.48. The Hall–Kier alpha value is -4.82. The highest BCUT2D eigenvalue weighted by atomic mass is 15.0. The molecule has 8 aromatic rings. The summed E-state index contributed by atoms with van der Waals surface area (Å²) in [5.74, 6) is 0. The number of fused-ring (bicyclic) bond motifs is 9. The molecule has 168 valence electrons. The minimum Gasteiger partial charge on any atom is -0.309 e. The lowest BCUT2D eigenvalue weighted by molar-refractivity contribution is 1.17. The summed E-state index contributed by atoms with van der Waals surface area (Å²) in [5, 5.41) is 7.71. The van der Waals surface area contributed by atoms with Crippen LogP contribution < -0.4 is 0 Å². The maximum atomic E-state index is 2.46. The van der Waals surface area contributed by atoms with Crippen LogP contribution in [-0.4, -0.2) is 9.13 Å². The molecule has 0 atom stereocenters. The molecule has 0 saturated heterocycles. The van der Waals surface area contributed by atoms with Crippen LogP contribution in [0.2, 0.25) is 0 Å². The predicted molar refractivity (Wildman–Crippen MR) is 153 cm³/mol. The molecule has 0 radical (unpaired) electrons. The Kier molecular flexibility index (Phi) is 3.97. The van der Waals surface area contributed by atoms with E-state index in [1.54, 1.807) is 0 Å². The van der Waals surface area contributed by atoms with Gasteiger partial charge in [-0.1, -0.05) is 91.0 Å². The maximum absolute atomic E-state index is 2.46. The standard InChI is InChI=1S/C34H22N2/c1-3-12-24(13-4-1)35-29-18-10-9-17-27(29)33-31(35)22-20-28-32-26-16-8-7-11-23(26)19-21-30(32)36(34(28)33)25-14-5-2-6-15-25/h1-22H. The molecule has 0 unspecified atom stereocenters. The number of hydrogen-bond donors (Lipinski definition) is 0. The number of nitrogens with zero attached hydrogens (tertiary/aromatic N) is 2. The molecule has 0 aliphatic heterocycles. The lowest BCUT2D eigenvalue weighted by atomic mass is 10.0. The first-order valence-corrected chi connectivity index (χ1v) is 12.4.